The number of amides is 1. The van der Waals surface area contributed by atoms with Gasteiger partial charge in [-0.05, 0) is 49.4 Å². The van der Waals surface area contributed by atoms with Crippen molar-refractivity contribution in [1.82, 2.24) is 14.5 Å². The van der Waals surface area contributed by atoms with Gasteiger partial charge < -0.3 is 9.64 Å². The maximum Gasteiger partial charge on any atom is 0.253 e. The van der Waals surface area contributed by atoms with Crippen molar-refractivity contribution in [3.8, 4) is 5.75 Å². The first-order chi connectivity index (χ1) is 14.3. The first-order valence-electron chi connectivity index (χ1n) is 9.71. The Morgan fingerprint density at radius 1 is 1.10 bits per heavy atom. The zero-order chi connectivity index (χ0) is 21.7. The van der Waals surface area contributed by atoms with E-state index in [2.05, 4.69) is 9.62 Å². The van der Waals surface area contributed by atoms with Crippen LogP contribution in [0.1, 0.15) is 22.3 Å². The van der Waals surface area contributed by atoms with E-state index in [0.717, 1.165) is 26.1 Å². The van der Waals surface area contributed by atoms with Gasteiger partial charge in [0.1, 0.15) is 10.6 Å². The Balaban J connectivity index is 1.71. The molecular weight excluding hydrogens is 426 g/mol. The van der Waals surface area contributed by atoms with Crippen LogP contribution < -0.4 is 9.46 Å². The maximum atomic E-state index is 13.1. The first kappa shape index (κ1) is 22.6. The Bertz CT molecular complexity index is 996. The molecule has 9 heteroatoms. The van der Waals surface area contributed by atoms with Gasteiger partial charge in [-0.15, -0.1) is 0 Å². The van der Waals surface area contributed by atoms with E-state index in [1.165, 1.54) is 31.9 Å². The molecule has 1 N–H and O–H groups in total. The van der Waals surface area contributed by atoms with Gasteiger partial charge in [0, 0.05) is 43.3 Å². The molecule has 7 nitrogen and oxygen atoms in total. The summed E-state index contributed by atoms with van der Waals surface area (Å²) < 4.78 is 32.0. The minimum Gasteiger partial charge on any atom is -0.495 e. The molecule has 0 bridgehead atoms. The van der Waals surface area contributed by atoms with Crippen LogP contribution in [0.15, 0.2) is 47.4 Å². The normalized spacial score (nSPS) is 15.6. The van der Waals surface area contributed by atoms with Crippen LogP contribution in [0.5, 0.6) is 5.75 Å². The second-order valence-electron chi connectivity index (χ2n) is 7.12. The van der Waals surface area contributed by atoms with Crippen molar-refractivity contribution in [2.45, 2.75) is 17.9 Å². The highest BCUT2D eigenvalue weighted by molar-refractivity contribution is 7.89. The smallest absolute Gasteiger partial charge is 0.253 e. The molecule has 30 heavy (non-hydrogen) atoms. The number of carbonyl (C=O) groups is 1. The Kier molecular flexibility index (Phi) is 7.36. The molecule has 1 saturated heterocycles. The van der Waals surface area contributed by atoms with Gasteiger partial charge >= 0.3 is 0 Å². The lowest BCUT2D eigenvalue weighted by Gasteiger charge is -2.22. The van der Waals surface area contributed by atoms with Crippen molar-refractivity contribution in [3.63, 3.8) is 0 Å². The number of nitrogens with zero attached hydrogens (tertiary/aromatic N) is 2. The number of hydrogen-bond donors (Lipinski definition) is 1. The van der Waals surface area contributed by atoms with Crippen LogP contribution in [0, 0.1) is 0 Å². The van der Waals surface area contributed by atoms with Crippen molar-refractivity contribution in [2.24, 2.45) is 0 Å². The predicted molar refractivity (Wildman–Crippen MR) is 116 cm³/mol. The highest BCUT2D eigenvalue weighted by Gasteiger charge is 2.24. The lowest BCUT2D eigenvalue weighted by molar-refractivity contribution is 0.0761. The molecule has 1 aliphatic rings. The Labute approximate surface area is 182 Å². The van der Waals surface area contributed by atoms with Gasteiger partial charge in [0.15, 0.2) is 0 Å². The Morgan fingerprint density at radius 3 is 2.50 bits per heavy atom. The monoisotopic (exact) mass is 451 g/mol. The predicted octanol–water partition coefficient (Wildman–Crippen LogP) is 2.60. The summed E-state index contributed by atoms with van der Waals surface area (Å²) in [5.74, 6) is 0.0180. The van der Waals surface area contributed by atoms with Crippen molar-refractivity contribution >= 4 is 27.5 Å². The quantitative estimate of drug-likeness (QED) is 0.730. The van der Waals surface area contributed by atoms with Crippen molar-refractivity contribution in [1.29, 1.82) is 0 Å². The lowest BCUT2D eigenvalue weighted by atomic mass is 10.2. The van der Waals surface area contributed by atoms with E-state index in [4.69, 9.17) is 16.3 Å². The summed E-state index contributed by atoms with van der Waals surface area (Å²) in [4.78, 5) is 17.1. The largest absolute Gasteiger partial charge is 0.495 e. The second kappa shape index (κ2) is 9.78. The van der Waals surface area contributed by atoms with Crippen molar-refractivity contribution < 1.29 is 17.9 Å². The number of methoxy groups -OCH3 is 1. The third-order valence-electron chi connectivity index (χ3n) is 5.16. The number of hydrogen-bond acceptors (Lipinski definition) is 5. The van der Waals surface area contributed by atoms with Gasteiger partial charge in [-0.25, -0.2) is 13.1 Å². The highest BCUT2D eigenvalue weighted by Crippen LogP contribution is 2.25. The third kappa shape index (κ3) is 5.31. The Morgan fingerprint density at radius 2 is 1.83 bits per heavy atom. The fraction of sp³-hybridized carbons (Fsp3) is 0.381. The van der Waals surface area contributed by atoms with Crippen LogP contribution in [0.3, 0.4) is 0 Å². The summed E-state index contributed by atoms with van der Waals surface area (Å²) >= 11 is 5.95. The number of carbonyl (C=O) groups excluding carboxylic acids is 1. The lowest BCUT2D eigenvalue weighted by Crippen LogP contribution is -2.35. The van der Waals surface area contributed by atoms with Gasteiger partial charge in [-0.3, -0.25) is 9.69 Å². The molecule has 2 aromatic rings. The average molecular weight is 452 g/mol. The molecular formula is C21H26ClN3O4S. The molecule has 0 atom stereocenters. The van der Waals surface area contributed by atoms with E-state index in [0.29, 0.717) is 23.7 Å². The summed E-state index contributed by atoms with van der Waals surface area (Å²) in [6, 6.07) is 12.3. The molecule has 162 valence electrons. The van der Waals surface area contributed by atoms with Crippen LogP contribution in [-0.2, 0) is 16.6 Å². The molecule has 1 aliphatic heterocycles. The van der Waals surface area contributed by atoms with E-state index in [9.17, 15) is 13.2 Å². The number of sulfonamides is 1. The number of benzene rings is 2. The fourth-order valence-corrected chi connectivity index (χ4v) is 4.54. The zero-order valence-electron chi connectivity index (χ0n) is 17.1. The number of ether oxygens (including phenoxy) is 1. The molecule has 0 aromatic heterocycles. The molecule has 1 heterocycles. The van der Waals surface area contributed by atoms with Gasteiger partial charge in [0.05, 0.1) is 7.11 Å². The van der Waals surface area contributed by atoms with E-state index in [1.54, 1.807) is 11.0 Å². The third-order valence-corrected chi connectivity index (χ3v) is 6.85. The summed E-state index contributed by atoms with van der Waals surface area (Å²) in [5.41, 5.74) is 1.51. The standard InChI is InChI=1S/C21H26ClN3O4S/c1-23-30(27,28)20-14-17(6-9-19(20)29-2)21(26)25-11-3-10-24(12-13-25)15-16-4-7-18(22)8-5-16/h4-9,14,23H,3,10-13,15H2,1-2H3. The van der Waals surface area contributed by atoms with Crippen LogP contribution in [0.2, 0.25) is 5.02 Å². The van der Waals surface area contributed by atoms with E-state index < -0.39 is 10.0 Å². The zero-order valence-corrected chi connectivity index (χ0v) is 18.7. The fourth-order valence-electron chi connectivity index (χ4n) is 3.49. The van der Waals surface area contributed by atoms with Gasteiger partial charge in [0.25, 0.3) is 5.91 Å². The SMILES string of the molecule is CNS(=O)(=O)c1cc(C(=O)N2CCCN(Cc3ccc(Cl)cc3)CC2)ccc1OC. The van der Waals surface area contributed by atoms with Crippen LogP contribution in [-0.4, -0.2) is 64.5 Å². The minimum atomic E-state index is -3.74. The van der Waals surface area contributed by atoms with Crippen molar-refractivity contribution in [3.05, 3.63) is 58.6 Å². The highest BCUT2D eigenvalue weighted by atomic mass is 35.5. The minimum absolute atomic E-state index is 0.0439. The number of halogens is 1. The molecule has 0 saturated carbocycles. The molecule has 0 spiro atoms. The molecule has 0 unspecified atom stereocenters. The number of nitrogens with one attached hydrogen (secondary N) is 1. The summed E-state index contributed by atoms with van der Waals surface area (Å²) in [6.07, 6.45) is 0.844. The van der Waals surface area contributed by atoms with Crippen LogP contribution in [0.25, 0.3) is 0 Å². The first-order valence-corrected chi connectivity index (χ1v) is 11.6. The summed E-state index contributed by atoms with van der Waals surface area (Å²) in [7, 11) is -1.02. The molecule has 1 amide bonds. The maximum absolute atomic E-state index is 13.1. The van der Waals surface area contributed by atoms with E-state index >= 15 is 0 Å². The summed E-state index contributed by atoms with van der Waals surface area (Å²) in [5, 5.41) is 0.713. The molecule has 0 aliphatic carbocycles. The van der Waals surface area contributed by atoms with Crippen LogP contribution >= 0.6 is 11.6 Å². The molecule has 0 radical (unpaired) electrons. The Hall–Kier alpha value is -2.13. The topological polar surface area (TPSA) is 79.0 Å². The van der Waals surface area contributed by atoms with Crippen molar-refractivity contribution in [2.75, 3.05) is 40.3 Å². The molecule has 2 aromatic carbocycles. The van der Waals surface area contributed by atoms with E-state index in [1.807, 2.05) is 24.3 Å². The summed E-state index contributed by atoms with van der Waals surface area (Å²) in [6.45, 7) is 3.62. The van der Waals surface area contributed by atoms with E-state index in [-0.39, 0.29) is 16.6 Å². The van der Waals surface area contributed by atoms with Gasteiger partial charge in [0.2, 0.25) is 10.0 Å². The van der Waals surface area contributed by atoms with Gasteiger partial charge in [-0.1, -0.05) is 23.7 Å². The van der Waals surface area contributed by atoms with Crippen LogP contribution in [0.4, 0.5) is 0 Å². The molecule has 1 fully saturated rings. The molecule has 3 rings (SSSR count). The average Bonchev–Trinajstić information content (AvgIpc) is 3.00. The second-order valence-corrected chi connectivity index (χ2v) is 9.41. The number of rotatable bonds is 6. The van der Waals surface area contributed by atoms with Gasteiger partial charge in [-0.2, -0.15) is 0 Å².